The van der Waals surface area contributed by atoms with Crippen molar-refractivity contribution in [3.63, 3.8) is 0 Å². The maximum atomic E-state index is 12.5. The van der Waals surface area contributed by atoms with Crippen LogP contribution in [-0.4, -0.2) is 32.6 Å². The van der Waals surface area contributed by atoms with Crippen molar-refractivity contribution in [3.05, 3.63) is 59.1 Å². The Bertz CT molecular complexity index is 887. The number of amides is 1. The maximum Gasteiger partial charge on any atom is 0.259 e. The number of methoxy groups -OCH3 is 1. The van der Waals surface area contributed by atoms with Crippen LogP contribution in [0, 0.1) is 0 Å². The van der Waals surface area contributed by atoms with E-state index in [0.29, 0.717) is 28.6 Å². The summed E-state index contributed by atoms with van der Waals surface area (Å²) in [6.45, 7) is 3.43. The second-order valence-electron chi connectivity index (χ2n) is 5.43. The van der Waals surface area contributed by atoms with Gasteiger partial charge < -0.3 is 10.1 Å². The van der Waals surface area contributed by atoms with E-state index in [-0.39, 0.29) is 5.91 Å². The third kappa shape index (κ3) is 4.00. The number of carbonyl (C=O) groups excluding carboxylic acids is 1. The van der Waals surface area contributed by atoms with Crippen molar-refractivity contribution in [3.8, 4) is 5.75 Å². The van der Waals surface area contributed by atoms with Gasteiger partial charge >= 0.3 is 0 Å². The van der Waals surface area contributed by atoms with Crippen LogP contribution in [0.4, 0.5) is 5.69 Å². The van der Waals surface area contributed by atoms with Gasteiger partial charge in [0.2, 0.25) is 0 Å². The van der Waals surface area contributed by atoms with Crippen LogP contribution in [0.3, 0.4) is 0 Å². The summed E-state index contributed by atoms with van der Waals surface area (Å²) in [4.78, 5) is 12.5. The third-order valence-corrected chi connectivity index (χ3v) is 3.89. The molecule has 0 unspecified atom stereocenters. The first-order valence-electron chi connectivity index (χ1n) is 7.77. The minimum Gasteiger partial charge on any atom is -0.496 e. The summed E-state index contributed by atoms with van der Waals surface area (Å²) in [5, 5.41) is 11.8. The van der Waals surface area contributed by atoms with Crippen LogP contribution in [-0.2, 0) is 13.1 Å². The lowest BCUT2D eigenvalue weighted by Gasteiger charge is -2.08. The van der Waals surface area contributed by atoms with Crippen molar-refractivity contribution < 1.29 is 9.53 Å². The summed E-state index contributed by atoms with van der Waals surface area (Å²) < 4.78 is 8.80. The zero-order valence-electron chi connectivity index (χ0n) is 13.9. The average Bonchev–Trinajstić information content (AvgIpc) is 3.24. The average molecular weight is 360 g/mol. The topological polar surface area (TPSA) is 74.0 Å². The first-order valence-corrected chi connectivity index (χ1v) is 8.15. The number of hydrogen-bond acceptors (Lipinski definition) is 4. The SMILES string of the molecule is CCn1cc(Cn2cc(NC(=O)c3cc(Cl)ccc3OC)cn2)cn1. The lowest BCUT2D eigenvalue weighted by molar-refractivity contribution is 0.102. The first-order chi connectivity index (χ1) is 12.1. The molecule has 2 heterocycles. The fourth-order valence-electron chi connectivity index (χ4n) is 2.42. The van der Waals surface area contributed by atoms with Gasteiger partial charge in [-0.1, -0.05) is 11.6 Å². The highest BCUT2D eigenvalue weighted by Gasteiger charge is 2.14. The number of hydrogen-bond donors (Lipinski definition) is 1. The highest BCUT2D eigenvalue weighted by atomic mass is 35.5. The Balaban J connectivity index is 1.70. The van der Waals surface area contributed by atoms with Gasteiger partial charge in [-0.05, 0) is 25.1 Å². The second-order valence-corrected chi connectivity index (χ2v) is 5.87. The number of aryl methyl sites for hydroxylation is 1. The van der Waals surface area contributed by atoms with Crippen molar-refractivity contribution in [2.45, 2.75) is 20.0 Å². The largest absolute Gasteiger partial charge is 0.496 e. The standard InChI is InChI=1S/C17H18ClN5O2/c1-3-22-9-12(7-19-22)10-23-11-14(8-20-23)21-17(24)15-6-13(18)4-5-16(15)25-2/h4-9,11H,3,10H2,1-2H3,(H,21,24). The molecule has 0 atom stereocenters. The fraction of sp³-hybridized carbons (Fsp3) is 0.235. The summed E-state index contributed by atoms with van der Waals surface area (Å²) in [5.41, 5.74) is 2.00. The van der Waals surface area contributed by atoms with Gasteiger partial charge in [0.05, 0.1) is 37.3 Å². The Labute approximate surface area is 150 Å². The molecule has 0 saturated carbocycles. The molecule has 0 aliphatic rings. The van der Waals surface area contributed by atoms with Crippen LogP contribution in [0.15, 0.2) is 43.0 Å². The zero-order chi connectivity index (χ0) is 17.8. The van der Waals surface area contributed by atoms with E-state index in [1.54, 1.807) is 41.5 Å². The van der Waals surface area contributed by atoms with Gasteiger partial charge in [-0.3, -0.25) is 14.2 Å². The molecule has 2 aromatic heterocycles. The summed E-state index contributed by atoms with van der Waals surface area (Å²) >= 11 is 5.97. The minimum atomic E-state index is -0.308. The molecule has 3 aromatic rings. The van der Waals surface area contributed by atoms with Gasteiger partial charge in [0.25, 0.3) is 5.91 Å². The van der Waals surface area contributed by atoms with Gasteiger partial charge in [-0.25, -0.2) is 0 Å². The van der Waals surface area contributed by atoms with E-state index in [1.165, 1.54) is 7.11 Å². The smallest absolute Gasteiger partial charge is 0.259 e. The van der Waals surface area contributed by atoms with E-state index in [0.717, 1.165) is 12.1 Å². The molecule has 0 aliphatic heterocycles. The lowest BCUT2D eigenvalue weighted by atomic mass is 10.2. The van der Waals surface area contributed by atoms with Crippen LogP contribution in [0.25, 0.3) is 0 Å². The van der Waals surface area contributed by atoms with Gasteiger partial charge in [0.15, 0.2) is 0 Å². The Kier molecular flexibility index (Phi) is 5.04. The monoisotopic (exact) mass is 359 g/mol. The van der Waals surface area contributed by atoms with E-state index in [4.69, 9.17) is 16.3 Å². The minimum absolute atomic E-state index is 0.308. The predicted octanol–water partition coefficient (Wildman–Crippen LogP) is 3.06. The van der Waals surface area contributed by atoms with E-state index in [1.807, 2.05) is 17.8 Å². The molecule has 3 rings (SSSR count). The molecule has 1 N–H and O–H groups in total. The van der Waals surface area contributed by atoms with Crippen molar-refractivity contribution in [2.24, 2.45) is 0 Å². The number of rotatable bonds is 6. The normalized spacial score (nSPS) is 10.7. The van der Waals surface area contributed by atoms with E-state index < -0.39 is 0 Å². The molecule has 0 bridgehead atoms. The Hall–Kier alpha value is -2.80. The number of aromatic nitrogens is 4. The Morgan fingerprint density at radius 2 is 2.04 bits per heavy atom. The van der Waals surface area contributed by atoms with Gasteiger partial charge in [-0.2, -0.15) is 10.2 Å². The zero-order valence-corrected chi connectivity index (χ0v) is 14.7. The number of carbonyl (C=O) groups is 1. The van der Waals surface area contributed by atoms with Crippen LogP contribution < -0.4 is 10.1 Å². The number of ether oxygens (including phenoxy) is 1. The highest BCUT2D eigenvalue weighted by Crippen LogP contribution is 2.23. The van der Waals surface area contributed by atoms with Crippen LogP contribution >= 0.6 is 11.6 Å². The van der Waals surface area contributed by atoms with Crippen LogP contribution in [0.1, 0.15) is 22.8 Å². The number of nitrogens with one attached hydrogen (secondary N) is 1. The third-order valence-electron chi connectivity index (χ3n) is 3.65. The first kappa shape index (κ1) is 17.0. The molecule has 130 valence electrons. The van der Waals surface area contributed by atoms with Crippen LogP contribution in [0.5, 0.6) is 5.75 Å². The molecular formula is C17H18ClN5O2. The highest BCUT2D eigenvalue weighted by molar-refractivity contribution is 6.31. The number of anilines is 1. The predicted molar refractivity (Wildman–Crippen MR) is 95.2 cm³/mol. The summed E-state index contributed by atoms with van der Waals surface area (Å²) in [6.07, 6.45) is 7.13. The van der Waals surface area contributed by atoms with E-state index >= 15 is 0 Å². The number of benzene rings is 1. The summed E-state index contributed by atoms with van der Waals surface area (Å²) in [5.74, 6) is 0.152. The number of halogens is 1. The Morgan fingerprint density at radius 1 is 1.24 bits per heavy atom. The molecule has 0 fully saturated rings. The quantitative estimate of drug-likeness (QED) is 0.734. The van der Waals surface area contributed by atoms with Crippen molar-refractivity contribution in [1.82, 2.24) is 19.6 Å². The summed E-state index contributed by atoms with van der Waals surface area (Å²) in [7, 11) is 1.51. The molecule has 25 heavy (non-hydrogen) atoms. The molecule has 7 nitrogen and oxygen atoms in total. The van der Waals surface area contributed by atoms with Crippen molar-refractivity contribution in [1.29, 1.82) is 0 Å². The van der Waals surface area contributed by atoms with Gasteiger partial charge in [0.1, 0.15) is 5.75 Å². The van der Waals surface area contributed by atoms with Gasteiger partial charge in [-0.15, -0.1) is 0 Å². The summed E-state index contributed by atoms with van der Waals surface area (Å²) in [6, 6.07) is 4.90. The molecule has 1 amide bonds. The number of nitrogens with zero attached hydrogens (tertiary/aromatic N) is 4. The van der Waals surface area contributed by atoms with Crippen molar-refractivity contribution in [2.75, 3.05) is 12.4 Å². The second kappa shape index (κ2) is 7.40. The maximum absolute atomic E-state index is 12.5. The molecule has 0 saturated heterocycles. The van der Waals surface area contributed by atoms with E-state index in [9.17, 15) is 4.79 Å². The van der Waals surface area contributed by atoms with E-state index in [2.05, 4.69) is 15.5 Å². The Morgan fingerprint density at radius 3 is 2.76 bits per heavy atom. The molecule has 0 aliphatic carbocycles. The molecular weight excluding hydrogens is 342 g/mol. The lowest BCUT2D eigenvalue weighted by Crippen LogP contribution is -2.12. The molecule has 0 spiro atoms. The molecule has 1 aromatic carbocycles. The van der Waals surface area contributed by atoms with Crippen molar-refractivity contribution >= 4 is 23.2 Å². The fourth-order valence-corrected chi connectivity index (χ4v) is 2.59. The molecule has 0 radical (unpaired) electrons. The van der Waals surface area contributed by atoms with Crippen LogP contribution in [0.2, 0.25) is 5.02 Å². The molecule has 8 heteroatoms. The van der Waals surface area contributed by atoms with Gasteiger partial charge in [0, 0.05) is 29.5 Å².